The van der Waals surface area contributed by atoms with Crippen LogP contribution in [0.4, 0.5) is 5.69 Å². The van der Waals surface area contributed by atoms with E-state index in [0.717, 1.165) is 19.6 Å². The van der Waals surface area contributed by atoms with Crippen LogP contribution in [0.25, 0.3) is 10.8 Å². The third kappa shape index (κ3) is 2.75. The summed E-state index contributed by atoms with van der Waals surface area (Å²) >= 11 is 0. The Morgan fingerprint density at radius 2 is 2.10 bits per heavy atom. The molecule has 3 heteroatoms. The van der Waals surface area contributed by atoms with E-state index >= 15 is 0 Å². The molecule has 112 valence electrons. The molecule has 1 fully saturated rings. The number of fused-ring (bicyclic) bond motifs is 1. The van der Waals surface area contributed by atoms with Crippen molar-refractivity contribution in [2.24, 2.45) is 0 Å². The van der Waals surface area contributed by atoms with Crippen LogP contribution in [0, 0.1) is 0 Å². The van der Waals surface area contributed by atoms with E-state index in [4.69, 9.17) is 0 Å². The van der Waals surface area contributed by atoms with Crippen molar-refractivity contribution in [3.8, 4) is 0 Å². The fourth-order valence-electron chi connectivity index (χ4n) is 3.43. The Kier molecular flexibility index (Phi) is 4.11. The molecule has 1 aliphatic heterocycles. The number of benzene rings is 1. The lowest BCUT2D eigenvalue weighted by molar-refractivity contribution is 0.322. The second-order valence-electron chi connectivity index (χ2n) is 6.06. The van der Waals surface area contributed by atoms with Crippen LogP contribution in [0.2, 0.25) is 0 Å². The van der Waals surface area contributed by atoms with Crippen LogP contribution in [0.1, 0.15) is 33.1 Å². The molecule has 1 aliphatic rings. The Bertz CT molecular complexity index is 599. The molecule has 3 rings (SSSR count). The highest BCUT2D eigenvalue weighted by Crippen LogP contribution is 2.30. The first-order valence-electron chi connectivity index (χ1n) is 8.11. The van der Waals surface area contributed by atoms with Crippen molar-refractivity contribution in [2.75, 3.05) is 24.5 Å². The molecule has 0 atom stereocenters. The molecule has 3 nitrogen and oxygen atoms in total. The van der Waals surface area contributed by atoms with Gasteiger partial charge in [-0.2, -0.15) is 0 Å². The number of hydrogen-bond acceptors (Lipinski definition) is 3. The van der Waals surface area contributed by atoms with E-state index in [0.29, 0.717) is 0 Å². The van der Waals surface area contributed by atoms with Crippen molar-refractivity contribution in [1.82, 2.24) is 10.3 Å². The lowest BCUT2D eigenvalue weighted by Gasteiger charge is -2.36. The molecule has 0 bridgehead atoms. The van der Waals surface area contributed by atoms with E-state index in [1.807, 2.05) is 12.4 Å². The average molecular weight is 283 g/mol. The van der Waals surface area contributed by atoms with E-state index in [2.05, 4.69) is 53.3 Å². The number of hydrogen-bond donors (Lipinski definition) is 1. The van der Waals surface area contributed by atoms with Gasteiger partial charge < -0.3 is 10.2 Å². The number of rotatable bonds is 3. The van der Waals surface area contributed by atoms with Gasteiger partial charge in [-0.05, 0) is 43.3 Å². The van der Waals surface area contributed by atoms with Gasteiger partial charge in [-0.25, -0.2) is 0 Å². The molecular weight excluding hydrogens is 258 g/mol. The number of pyridine rings is 1. The fourth-order valence-corrected chi connectivity index (χ4v) is 3.43. The largest absolute Gasteiger partial charge is 0.369 e. The van der Waals surface area contributed by atoms with Crippen LogP contribution < -0.4 is 10.2 Å². The molecule has 0 saturated carbocycles. The van der Waals surface area contributed by atoms with E-state index in [-0.39, 0.29) is 5.54 Å². The van der Waals surface area contributed by atoms with Crippen molar-refractivity contribution >= 4 is 16.5 Å². The molecule has 1 N–H and O–H groups in total. The predicted molar refractivity (Wildman–Crippen MR) is 89.9 cm³/mol. The number of aromatic nitrogens is 1. The highest BCUT2D eigenvalue weighted by Gasteiger charge is 2.30. The van der Waals surface area contributed by atoms with Gasteiger partial charge in [-0.15, -0.1) is 0 Å². The summed E-state index contributed by atoms with van der Waals surface area (Å²) in [6, 6.07) is 8.67. The maximum Gasteiger partial charge on any atom is 0.0462 e. The van der Waals surface area contributed by atoms with Crippen LogP contribution >= 0.6 is 0 Å². The van der Waals surface area contributed by atoms with Crippen molar-refractivity contribution < 1.29 is 0 Å². The van der Waals surface area contributed by atoms with Crippen molar-refractivity contribution in [3.05, 3.63) is 36.7 Å². The first-order chi connectivity index (χ1) is 10.3. The van der Waals surface area contributed by atoms with E-state index in [9.17, 15) is 0 Å². The molecular formula is C18H25N3. The summed E-state index contributed by atoms with van der Waals surface area (Å²) in [7, 11) is 0. The smallest absolute Gasteiger partial charge is 0.0462 e. The topological polar surface area (TPSA) is 28.2 Å². The van der Waals surface area contributed by atoms with Gasteiger partial charge in [0.2, 0.25) is 0 Å². The standard InChI is InChI=1S/C18H25N3/c1-3-18(4-2)14-21(12-6-10-20-18)17-8-5-7-15-9-11-19-13-16(15)17/h5,7-9,11,13,20H,3-4,6,10,12,14H2,1-2H3. The summed E-state index contributed by atoms with van der Waals surface area (Å²) in [5.74, 6) is 0. The Morgan fingerprint density at radius 1 is 1.24 bits per heavy atom. The van der Waals surface area contributed by atoms with Gasteiger partial charge in [-0.1, -0.05) is 26.0 Å². The molecule has 0 amide bonds. The summed E-state index contributed by atoms with van der Waals surface area (Å²) in [5.41, 5.74) is 1.57. The van der Waals surface area contributed by atoms with Crippen molar-refractivity contribution in [2.45, 2.75) is 38.6 Å². The maximum absolute atomic E-state index is 4.33. The Labute approximate surface area is 127 Å². The third-order valence-electron chi connectivity index (χ3n) is 4.95. The lowest BCUT2D eigenvalue weighted by Crippen LogP contribution is -2.50. The van der Waals surface area contributed by atoms with E-state index in [1.54, 1.807) is 0 Å². The van der Waals surface area contributed by atoms with Crippen LogP contribution in [0.3, 0.4) is 0 Å². The normalized spacial score (nSPS) is 18.7. The monoisotopic (exact) mass is 283 g/mol. The van der Waals surface area contributed by atoms with Crippen molar-refractivity contribution in [1.29, 1.82) is 0 Å². The quantitative estimate of drug-likeness (QED) is 0.933. The molecule has 0 radical (unpaired) electrons. The number of nitrogens with zero attached hydrogens (tertiary/aromatic N) is 2. The van der Waals surface area contributed by atoms with Gasteiger partial charge in [-0.3, -0.25) is 4.98 Å². The summed E-state index contributed by atoms with van der Waals surface area (Å²) in [6.07, 6.45) is 7.41. The fraction of sp³-hybridized carbons (Fsp3) is 0.500. The number of nitrogens with one attached hydrogen (secondary N) is 1. The molecule has 2 aromatic rings. The first-order valence-corrected chi connectivity index (χ1v) is 8.11. The van der Waals surface area contributed by atoms with Gasteiger partial charge in [0.05, 0.1) is 0 Å². The minimum absolute atomic E-state index is 0.237. The first kappa shape index (κ1) is 14.3. The van der Waals surface area contributed by atoms with E-state index < -0.39 is 0 Å². The van der Waals surface area contributed by atoms with Crippen molar-refractivity contribution in [3.63, 3.8) is 0 Å². The molecule has 1 saturated heterocycles. The highest BCUT2D eigenvalue weighted by atomic mass is 15.2. The predicted octanol–water partition coefficient (Wildman–Crippen LogP) is 3.59. The molecule has 2 heterocycles. The van der Waals surface area contributed by atoms with Crippen LogP contribution in [-0.2, 0) is 0 Å². The van der Waals surface area contributed by atoms with Gasteiger partial charge in [0.25, 0.3) is 0 Å². The van der Waals surface area contributed by atoms with Gasteiger partial charge in [0.1, 0.15) is 0 Å². The van der Waals surface area contributed by atoms with Crippen LogP contribution in [-0.4, -0.2) is 30.2 Å². The lowest BCUT2D eigenvalue weighted by atomic mass is 9.92. The Balaban J connectivity index is 2.00. The van der Waals surface area contributed by atoms with Gasteiger partial charge in [0, 0.05) is 42.1 Å². The van der Waals surface area contributed by atoms with Gasteiger partial charge in [0.15, 0.2) is 0 Å². The molecule has 21 heavy (non-hydrogen) atoms. The van der Waals surface area contributed by atoms with Gasteiger partial charge >= 0.3 is 0 Å². The molecule has 0 spiro atoms. The summed E-state index contributed by atoms with van der Waals surface area (Å²) in [4.78, 5) is 6.88. The van der Waals surface area contributed by atoms with E-state index in [1.165, 1.54) is 35.7 Å². The summed E-state index contributed by atoms with van der Waals surface area (Å²) < 4.78 is 0. The zero-order chi connectivity index (χ0) is 14.7. The Morgan fingerprint density at radius 3 is 2.90 bits per heavy atom. The minimum Gasteiger partial charge on any atom is -0.369 e. The van der Waals surface area contributed by atoms with Crippen LogP contribution in [0.15, 0.2) is 36.7 Å². The summed E-state index contributed by atoms with van der Waals surface area (Å²) in [5, 5.41) is 6.33. The highest BCUT2D eigenvalue weighted by molar-refractivity contribution is 5.93. The SMILES string of the molecule is CCC1(CC)CN(c2cccc3ccncc23)CCCN1. The zero-order valence-electron chi connectivity index (χ0n) is 13.1. The second-order valence-corrected chi connectivity index (χ2v) is 6.06. The summed E-state index contributed by atoms with van der Waals surface area (Å²) in [6.45, 7) is 7.90. The Hall–Kier alpha value is -1.61. The second kappa shape index (κ2) is 6.02. The molecule has 0 aliphatic carbocycles. The maximum atomic E-state index is 4.33. The third-order valence-corrected chi connectivity index (χ3v) is 4.95. The average Bonchev–Trinajstić information content (AvgIpc) is 2.77. The van der Waals surface area contributed by atoms with Crippen LogP contribution in [0.5, 0.6) is 0 Å². The molecule has 1 aromatic carbocycles. The zero-order valence-corrected chi connectivity index (χ0v) is 13.1. The minimum atomic E-state index is 0.237. The molecule has 0 unspecified atom stereocenters. The number of anilines is 1. The molecule has 1 aromatic heterocycles.